The number of carboxylic acids is 1. The van der Waals surface area contributed by atoms with Crippen molar-refractivity contribution in [1.82, 2.24) is 25.3 Å². The highest BCUT2D eigenvalue weighted by molar-refractivity contribution is 7.17. The van der Waals surface area contributed by atoms with Gasteiger partial charge in [0.05, 0.1) is 22.6 Å². The molecule has 0 bridgehead atoms. The van der Waals surface area contributed by atoms with Crippen LogP contribution in [-0.2, 0) is 0 Å². The number of nitrogens with one attached hydrogen (secondary N) is 3. The first-order valence-corrected chi connectivity index (χ1v) is 10.8. The highest BCUT2D eigenvalue weighted by atomic mass is 35.5. The largest absolute Gasteiger partial charge is 0.477 e. The number of H-pyrrole nitrogens is 2. The van der Waals surface area contributed by atoms with Gasteiger partial charge in [0, 0.05) is 24.6 Å². The number of rotatable bonds is 5. The van der Waals surface area contributed by atoms with Gasteiger partial charge in [0.1, 0.15) is 22.4 Å². The van der Waals surface area contributed by atoms with Crippen LogP contribution in [0, 0.1) is 6.92 Å². The number of aromatic carboxylic acids is 1. The van der Waals surface area contributed by atoms with Crippen LogP contribution >= 0.6 is 34.5 Å². The van der Waals surface area contributed by atoms with Gasteiger partial charge in [0.25, 0.3) is 5.91 Å². The molecule has 1 aliphatic heterocycles. The SMILES string of the molecule is Cc1[nH]c(C(=O)NC2CCN(c3nc(-c4ncc[nH]4)c(C(=O)O)s3)CC2F)c(Cl)c1Cl. The van der Waals surface area contributed by atoms with Gasteiger partial charge < -0.3 is 25.3 Å². The van der Waals surface area contributed by atoms with Crippen molar-refractivity contribution in [3.8, 4) is 11.5 Å². The minimum absolute atomic E-state index is 0.0180. The normalized spacial score (nSPS) is 18.9. The molecule has 0 aliphatic carbocycles. The molecule has 2 atom stereocenters. The number of hydrogen-bond acceptors (Lipinski definition) is 6. The second-order valence-electron chi connectivity index (χ2n) is 7.00. The number of imidazole rings is 1. The van der Waals surface area contributed by atoms with Gasteiger partial charge >= 0.3 is 5.97 Å². The van der Waals surface area contributed by atoms with Gasteiger partial charge in [0.2, 0.25) is 0 Å². The van der Waals surface area contributed by atoms with Crippen LogP contribution in [0.2, 0.25) is 10.0 Å². The fraction of sp³-hybridized carbons (Fsp3) is 0.333. The maximum Gasteiger partial charge on any atom is 0.348 e. The van der Waals surface area contributed by atoms with E-state index in [0.29, 0.717) is 29.6 Å². The zero-order chi connectivity index (χ0) is 22.3. The number of aromatic amines is 2. The van der Waals surface area contributed by atoms with Gasteiger partial charge in [-0.2, -0.15) is 0 Å². The number of nitrogens with zero attached hydrogens (tertiary/aromatic N) is 3. The Kier molecular flexibility index (Phi) is 5.91. The van der Waals surface area contributed by atoms with Crippen molar-refractivity contribution in [2.45, 2.75) is 25.6 Å². The van der Waals surface area contributed by atoms with Gasteiger partial charge in [0.15, 0.2) is 11.0 Å². The third kappa shape index (κ3) is 4.12. The number of aromatic nitrogens is 4. The van der Waals surface area contributed by atoms with E-state index in [0.717, 1.165) is 11.3 Å². The van der Waals surface area contributed by atoms with Crippen LogP contribution in [0.5, 0.6) is 0 Å². The zero-order valence-electron chi connectivity index (χ0n) is 16.1. The maximum absolute atomic E-state index is 14.9. The van der Waals surface area contributed by atoms with Crippen molar-refractivity contribution in [2.24, 2.45) is 0 Å². The van der Waals surface area contributed by atoms with E-state index in [1.807, 2.05) is 0 Å². The van der Waals surface area contributed by atoms with Crippen LogP contribution in [0.1, 0.15) is 32.3 Å². The first-order valence-electron chi connectivity index (χ1n) is 9.23. The van der Waals surface area contributed by atoms with Gasteiger partial charge in [-0.05, 0) is 13.3 Å². The summed E-state index contributed by atoms with van der Waals surface area (Å²) in [7, 11) is 0. The van der Waals surface area contributed by atoms with Crippen molar-refractivity contribution in [1.29, 1.82) is 0 Å². The van der Waals surface area contributed by atoms with Crippen molar-refractivity contribution >= 4 is 51.5 Å². The Bertz CT molecular complexity index is 1130. The Hall–Kier alpha value is -2.63. The van der Waals surface area contributed by atoms with E-state index in [-0.39, 0.29) is 32.9 Å². The lowest BCUT2D eigenvalue weighted by molar-refractivity contribution is 0.0702. The number of carboxylic acid groups (broad SMARTS) is 1. The summed E-state index contributed by atoms with van der Waals surface area (Å²) < 4.78 is 14.9. The van der Waals surface area contributed by atoms with Crippen LogP contribution in [0.3, 0.4) is 0 Å². The number of carbonyl (C=O) groups is 2. The lowest BCUT2D eigenvalue weighted by Crippen LogP contribution is -2.52. The minimum atomic E-state index is -1.40. The van der Waals surface area contributed by atoms with Crippen LogP contribution in [0.15, 0.2) is 12.4 Å². The summed E-state index contributed by atoms with van der Waals surface area (Å²) in [5.41, 5.74) is 0.846. The molecule has 31 heavy (non-hydrogen) atoms. The minimum Gasteiger partial charge on any atom is -0.477 e. The quantitative estimate of drug-likeness (QED) is 0.436. The Morgan fingerprint density at radius 1 is 1.39 bits per heavy atom. The van der Waals surface area contributed by atoms with E-state index < -0.39 is 24.1 Å². The number of alkyl halides is 1. The average molecular weight is 487 g/mol. The second-order valence-corrected chi connectivity index (χ2v) is 8.73. The first kappa shape index (κ1) is 21.6. The highest BCUT2D eigenvalue weighted by Gasteiger charge is 2.34. The van der Waals surface area contributed by atoms with Crippen LogP contribution in [0.4, 0.5) is 9.52 Å². The average Bonchev–Trinajstić information content (AvgIpc) is 3.46. The number of halogens is 3. The van der Waals surface area contributed by atoms with Crippen LogP contribution in [-0.4, -0.2) is 62.2 Å². The number of aryl methyl sites for hydroxylation is 1. The summed E-state index contributed by atoms with van der Waals surface area (Å²) in [5, 5.41) is 12.9. The number of thiazole rings is 1. The molecule has 1 amide bonds. The number of anilines is 1. The monoisotopic (exact) mass is 486 g/mol. The molecule has 4 heterocycles. The predicted molar refractivity (Wildman–Crippen MR) is 115 cm³/mol. The second kappa shape index (κ2) is 8.48. The van der Waals surface area contributed by atoms with Crippen molar-refractivity contribution in [2.75, 3.05) is 18.0 Å². The van der Waals surface area contributed by atoms with E-state index in [9.17, 15) is 19.1 Å². The summed E-state index contributed by atoms with van der Waals surface area (Å²) >= 11 is 13.0. The summed E-state index contributed by atoms with van der Waals surface area (Å²) in [5.74, 6) is -1.34. The summed E-state index contributed by atoms with van der Waals surface area (Å²) in [6.45, 7) is 2.01. The molecular weight excluding hydrogens is 470 g/mol. The first-order chi connectivity index (χ1) is 14.8. The van der Waals surface area contributed by atoms with Gasteiger partial charge in [-0.3, -0.25) is 4.79 Å². The molecule has 0 aromatic carbocycles. The molecule has 1 fully saturated rings. The number of carbonyl (C=O) groups excluding carboxylic acids is 1. The molecule has 0 spiro atoms. The van der Waals surface area contributed by atoms with E-state index in [1.54, 1.807) is 18.0 Å². The smallest absolute Gasteiger partial charge is 0.348 e. The van der Waals surface area contributed by atoms with Crippen molar-refractivity contribution in [3.63, 3.8) is 0 Å². The fourth-order valence-corrected chi connectivity index (χ4v) is 4.71. The molecule has 3 aromatic rings. The zero-order valence-corrected chi connectivity index (χ0v) is 18.4. The molecule has 13 heteroatoms. The van der Waals surface area contributed by atoms with Crippen LogP contribution < -0.4 is 10.2 Å². The Morgan fingerprint density at radius 3 is 2.74 bits per heavy atom. The molecular formula is C18H17Cl2FN6O3S. The lowest BCUT2D eigenvalue weighted by Gasteiger charge is -2.34. The van der Waals surface area contributed by atoms with E-state index >= 15 is 0 Å². The topological polar surface area (TPSA) is 127 Å². The van der Waals surface area contributed by atoms with Crippen LogP contribution in [0.25, 0.3) is 11.5 Å². The third-order valence-electron chi connectivity index (χ3n) is 4.94. The van der Waals surface area contributed by atoms with E-state index in [2.05, 4.69) is 25.3 Å². The summed E-state index contributed by atoms with van der Waals surface area (Å²) in [6.07, 6.45) is 1.97. The van der Waals surface area contributed by atoms with Crippen molar-refractivity contribution < 1.29 is 19.1 Å². The highest BCUT2D eigenvalue weighted by Crippen LogP contribution is 2.34. The third-order valence-corrected chi connectivity index (χ3v) is 6.99. The Balaban J connectivity index is 1.47. The lowest BCUT2D eigenvalue weighted by atomic mass is 10.0. The number of amides is 1. The van der Waals surface area contributed by atoms with Gasteiger partial charge in [-0.15, -0.1) is 0 Å². The molecule has 9 nitrogen and oxygen atoms in total. The fourth-order valence-electron chi connectivity index (χ4n) is 3.35. The molecule has 164 valence electrons. The van der Waals surface area contributed by atoms with Crippen molar-refractivity contribution in [3.05, 3.63) is 38.7 Å². The standard InChI is InChI=1S/C18H17Cl2FN6O3S/c1-7-10(19)11(20)12(24-7)16(28)25-9-2-5-27(6-8(9)21)18-26-13(14(31-18)17(29)30)15-22-3-4-23-15/h3-4,8-9,24H,2,5-6H2,1H3,(H,22,23)(H,25,28)(H,29,30). The molecule has 4 rings (SSSR count). The van der Waals surface area contributed by atoms with Gasteiger partial charge in [-0.25, -0.2) is 19.2 Å². The van der Waals surface area contributed by atoms with Gasteiger partial charge in [-0.1, -0.05) is 34.5 Å². The van der Waals surface area contributed by atoms with E-state index in [4.69, 9.17) is 23.2 Å². The Morgan fingerprint density at radius 2 is 2.16 bits per heavy atom. The molecule has 0 saturated carbocycles. The Labute approximate surface area is 189 Å². The molecule has 1 aliphatic rings. The number of piperidine rings is 1. The molecule has 2 unspecified atom stereocenters. The number of hydrogen-bond donors (Lipinski definition) is 4. The molecule has 3 aromatic heterocycles. The molecule has 0 radical (unpaired) electrons. The van der Waals surface area contributed by atoms with E-state index in [1.165, 1.54) is 6.20 Å². The maximum atomic E-state index is 14.9. The molecule has 1 saturated heterocycles. The predicted octanol–water partition coefficient (Wildman–Crippen LogP) is 3.52. The molecule has 4 N–H and O–H groups in total. The summed E-state index contributed by atoms with van der Waals surface area (Å²) in [4.78, 5) is 39.8. The summed E-state index contributed by atoms with van der Waals surface area (Å²) in [6, 6.07) is -0.731.